The Morgan fingerprint density at radius 3 is 3.00 bits per heavy atom. The van der Waals surface area contributed by atoms with Crippen molar-refractivity contribution in [1.82, 2.24) is 4.98 Å². The van der Waals surface area contributed by atoms with Crippen LogP contribution in [0.25, 0.3) is 0 Å². The van der Waals surface area contributed by atoms with E-state index < -0.39 is 0 Å². The van der Waals surface area contributed by atoms with Crippen LogP contribution in [0, 0.1) is 5.92 Å². The molecule has 1 saturated carbocycles. The molecule has 0 amide bonds. The Labute approximate surface area is 95.8 Å². The molecule has 1 aromatic rings. The first kappa shape index (κ1) is 10.7. The Morgan fingerprint density at radius 2 is 2.27 bits per heavy atom. The van der Waals surface area contributed by atoms with Crippen molar-refractivity contribution < 1.29 is 0 Å². The molecule has 0 spiro atoms. The highest BCUT2D eigenvalue weighted by Gasteiger charge is 2.28. The standard InChI is InChI=1S/C12H17ClN2/c1-8-2-3-9(13)6-10(8)11-7-15-5-4-12(11)14/h4-5,7-10H,2-3,6H2,1H3,(H2,14,15). The number of aromatic nitrogens is 1. The second-order valence-corrected chi connectivity index (χ2v) is 5.12. The molecule has 2 rings (SSSR count). The highest BCUT2D eigenvalue weighted by molar-refractivity contribution is 6.20. The van der Waals surface area contributed by atoms with E-state index in [2.05, 4.69) is 11.9 Å². The zero-order valence-electron chi connectivity index (χ0n) is 8.99. The number of halogens is 1. The van der Waals surface area contributed by atoms with Crippen molar-refractivity contribution in [2.75, 3.05) is 5.73 Å². The predicted molar refractivity (Wildman–Crippen MR) is 64.0 cm³/mol. The number of hydrogen-bond acceptors (Lipinski definition) is 2. The molecule has 0 aliphatic heterocycles. The zero-order valence-corrected chi connectivity index (χ0v) is 9.74. The van der Waals surface area contributed by atoms with E-state index in [1.807, 2.05) is 12.3 Å². The molecular formula is C12H17ClN2. The van der Waals surface area contributed by atoms with Crippen LogP contribution in [-0.2, 0) is 0 Å². The number of nitrogen functional groups attached to an aromatic ring is 1. The Balaban J connectivity index is 2.25. The quantitative estimate of drug-likeness (QED) is 0.745. The highest BCUT2D eigenvalue weighted by Crippen LogP contribution is 2.40. The van der Waals surface area contributed by atoms with Gasteiger partial charge < -0.3 is 5.73 Å². The second-order valence-electron chi connectivity index (χ2n) is 4.50. The van der Waals surface area contributed by atoms with Crippen LogP contribution < -0.4 is 5.73 Å². The Morgan fingerprint density at radius 1 is 1.47 bits per heavy atom. The molecule has 1 aliphatic carbocycles. The van der Waals surface area contributed by atoms with E-state index in [0.717, 1.165) is 18.5 Å². The van der Waals surface area contributed by atoms with Crippen LogP contribution in [0.15, 0.2) is 18.5 Å². The molecule has 1 fully saturated rings. The molecule has 15 heavy (non-hydrogen) atoms. The van der Waals surface area contributed by atoms with Gasteiger partial charge >= 0.3 is 0 Å². The van der Waals surface area contributed by atoms with E-state index in [0.29, 0.717) is 17.2 Å². The largest absolute Gasteiger partial charge is 0.398 e. The zero-order chi connectivity index (χ0) is 10.8. The minimum atomic E-state index is 0.297. The predicted octanol–water partition coefficient (Wildman–Crippen LogP) is 3.17. The van der Waals surface area contributed by atoms with Crippen molar-refractivity contribution in [2.45, 2.75) is 37.5 Å². The summed E-state index contributed by atoms with van der Waals surface area (Å²) < 4.78 is 0. The summed E-state index contributed by atoms with van der Waals surface area (Å²) in [5, 5.41) is 0.297. The van der Waals surface area contributed by atoms with Gasteiger partial charge in [0.2, 0.25) is 0 Å². The third-order valence-corrected chi connectivity index (χ3v) is 3.81. The molecule has 2 nitrogen and oxygen atoms in total. The van der Waals surface area contributed by atoms with Gasteiger partial charge in [0.1, 0.15) is 0 Å². The summed E-state index contributed by atoms with van der Waals surface area (Å²) >= 11 is 6.22. The molecule has 1 aromatic heterocycles. The molecule has 3 unspecified atom stereocenters. The van der Waals surface area contributed by atoms with Crippen molar-refractivity contribution in [3.05, 3.63) is 24.0 Å². The molecule has 2 N–H and O–H groups in total. The van der Waals surface area contributed by atoms with E-state index in [-0.39, 0.29) is 0 Å². The normalized spacial score (nSPS) is 31.5. The summed E-state index contributed by atoms with van der Waals surface area (Å²) in [6.45, 7) is 2.28. The Bertz CT molecular complexity index is 340. The average molecular weight is 225 g/mol. The smallest absolute Gasteiger partial charge is 0.0380 e. The lowest BCUT2D eigenvalue weighted by molar-refractivity contribution is 0.335. The fraction of sp³-hybridized carbons (Fsp3) is 0.583. The number of rotatable bonds is 1. The molecule has 3 atom stereocenters. The molecule has 1 aliphatic rings. The van der Waals surface area contributed by atoms with Gasteiger partial charge in [-0.15, -0.1) is 11.6 Å². The molecule has 0 aromatic carbocycles. The van der Waals surface area contributed by atoms with Crippen LogP contribution in [0.3, 0.4) is 0 Å². The monoisotopic (exact) mass is 224 g/mol. The van der Waals surface area contributed by atoms with Gasteiger partial charge in [0.05, 0.1) is 0 Å². The van der Waals surface area contributed by atoms with Gasteiger partial charge in [-0.25, -0.2) is 0 Å². The fourth-order valence-electron chi connectivity index (χ4n) is 2.43. The maximum absolute atomic E-state index is 6.22. The van der Waals surface area contributed by atoms with Crippen molar-refractivity contribution in [2.24, 2.45) is 5.92 Å². The van der Waals surface area contributed by atoms with Gasteiger partial charge in [-0.3, -0.25) is 4.98 Å². The van der Waals surface area contributed by atoms with E-state index >= 15 is 0 Å². The van der Waals surface area contributed by atoms with Gasteiger partial charge in [0.15, 0.2) is 0 Å². The van der Waals surface area contributed by atoms with Crippen LogP contribution >= 0.6 is 11.6 Å². The average Bonchev–Trinajstić information content (AvgIpc) is 2.23. The van der Waals surface area contributed by atoms with Crippen molar-refractivity contribution in [1.29, 1.82) is 0 Å². The van der Waals surface area contributed by atoms with Crippen LogP contribution in [0.4, 0.5) is 5.69 Å². The minimum Gasteiger partial charge on any atom is -0.398 e. The number of nitrogens with two attached hydrogens (primary N) is 1. The van der Waals surface area contributed by atoms with E-state index in [4.69, 9.17) is 17.3 Å². The van der Waals surface area contributed by atoms with Gasteiger partial charge in [0, 0.05) is 23.5 Å². The van der Waals surface area contributed by atoms with Gasteiger partial charge in [-0.1, -0.05) is 6.92 Å². The van der Waals surface area contributed by atoms with Gasteiger partial charge in [-0.05, 0) is 42.7 Å². The lowest BCUT2D eigenvalue weighted by Gasteiger charge is -2.32. The first-order chi connectivity index (χ1) is 7.18. The lowest BCUT2D eigenvalue weighted by Crippen LogP contribution is -2.22. The summed E-state index contributed by atoms with van der Waals surface area (Å²) in [7, 11) is 0. The fourth-order valence-corrected chi connectivity index (χ4v) is 2.75. The van der Waals surface area contributed by atoms with Crippen molar-refractivity contribution in [3.8, 4) is 0 Å². The molecule has 3 heteroatoms. The Hall–Kier alpha value is -0.760. The number of hydrogen-bond donors (Lipinski definition) is 1. The van der Waals surface area contributed by atoms with E-state index in [1.54, 1.807) is 6.20 Å². The molecule has 82 valence electrons. The number of nitrogens with zero attached hydrogens (tertiary/aromatic N) is 1. The number of anilines is 1. The molecule has 0 saturated heterocycles. The first-order valence-electron chi connectivity index (χ1n) is 5.52. The van der Waals surface area contributed by atoms with Crippen LogP contribution in [0.2, 0.25) is 0 Å². The summed E-state index contributed by atoms with van der Waals surface area (Å²) in [6, 6.07) is 1.87. The van der Waals surface area contributed by atoms with Crippen LogP contribution in [0.1, 0.15) is 37.7 Å². The van der Waals surface area contributed by atoms with Crippen LogP contribution in [0.5, 0.6) is 0 Å². The summed E-state index contributed by atoms with van der Waals surface area (Å²) in [5.41, 5.74) is 8.01. The number of alkyl halides is 1. The molecular weight excluding hydrogens is 208 g/mol. The third kappa shape index (κ3) is 2.25. The molecule has 0 bridgehead atoms. The number of pyridine rings is 1. The SMILES string of the molecule is CC1CCC(Cl)CC1c1cnccc1N. The minimum absolute atomic E-state index is 0.297. The summed E-state index contributed by atoms with van der Waals surface area (Å²) in [5.74, 6) is 1.14. The topological polar surface area (TPSA) is 38.9 Å². The highest BCUT2D eigenvalue weighted by atomic mass is 35.5. The molecule has 0 radical (unpaired) electrons. The molecule has 1 heterocycles. The summed E-state index contributed by atoms with van der Waals surface area (Å²) in [4.78, 5) is 4.16. The summed E-state index contributed by atoms with van der Waals surface area (Å²) in [6.07, 6.45) is 6.97. The van der Waals surface area contributed by atoms with Crippen molar-refractivity contribution in [3.63, 3.8) is 0 Å². The van der Waals surface area contributed by atoms with Gasteiger partial charge in [0.25, 0.3) is 0 Å². The maximum atomic E-state index is 6.22. The lowest BCUT2D eigenvalue weighted by atomic mass is 9.76. The van der Waals surface area contributed by atoms with Crippen molar-refractivity contribution >= 4 is 17.3 Å². The van der Waals surface area contributed by atoms with E-state index in [9.17, 15) is 0 Å². The maximum Gasteiger partial charge on any atom is 0.0380 e. The first-order valence-corrected chi connectivity index (χ1v) is 5.95. The Kier molecular flexibility index (Phi) is 3.15. The second kappa shape index (κ2) is 4.40. The van der Waals surface area contributed by atoms with E-state index in [1.165, 1.54) is 12.0 Å². The van der Waals surface area contributed by atoms with Gasteiger partial charge in [-0.2, -0.15) is 0 Å². The van der Waals surface area contributed by atoms with Crippen LogP contribution in [-0.4, -0.2) is 10.4 Å². The third-order valence-electron chi connectivity index (χ3n) is 3.42.